The van der Waals surface area contributed by atoms with Gasteiger partial charge in [-0.1, -0.05) is 19.3 Å². The minimum atomic E-state index is -4.07. The standard InChI is InChI=1S/C14H22F3N3/c1-11-10-20(12-6-3-2-4-7-12)13(19-11)18-9-5-8-14(15,16)17/h10,12H,2-9H2,1H3,(H,18,19). The molecule has 0 unspecified atom stereocenters. The van der Waals surface area contributed by atoms with E-state index in [1.54, 1.807) is 0 Å². The maximum Gasteiger partial charge on any atom is 0.389 e. The van der Waals surface area contributed by atoms with E-state index in [0.29, 0.717) is 12.6 Å². The number of anilines is 1. The molecule has 1 heterocycles. The van der Waals surface area contributed by atoms with Crippen LogP contribution >= 0.6 is 0 Å². The van der Waals surface area contributed by atoms with Crippen molar-refractivity contribution in [3.63, 3.8) is 0 Å². The fraction of sp³-hybridized carbons (Fsp3) is 0.786. The summed E-state index contributed by atoms with van der Waals surface area (Å²) in [5.41, 5.74) is 0.911. The van der Waals surface area contributed by atoms with Crippen LogP contribution in [0, 0.1) is 6.92 Å². The summed E-state index contributed by atoms with van der Waals surface area (Å²) in [6.45, 7) is 2.23. The van der Waals surface area contributed by atoms with E-state index in [2.05, 4.69) is 14.9 Å². The minimum absolute atomic E-state index is 0.0834. The molecule has 1 aromatic heterocycles. The van der Waals surface area contributed by atoms with Crippen LogP contribution in [0.25, 0.3) is 0 Å². The predicted octanol–water partition coefficient (Wildman–Crippen LogP) is 4.45. The molecule has 114 valence electrons. The molecule has 6 heteroatoms. The van der Waals surface area contributed by atoms with Crippen molar-refractivity contribution in [3.8, 4) is 0 Å². The smallest absolute Gasteiger partial charge is 0.356 e. The molecular formula is C14H22F3N3. The van der Waals surface area contributed by atoms with E-state index >= 15 is 0 Å². The van der Waals surface area contributed by atoms with E-state index in [-0.39, 0.29) is 6.42 Å². The Morgan fingerprint density at radius 3 is 2.65 bits per heavy atom. The Kier molecular flexibility index (Phi) is 4.94. The lowest BCUT2D eigenvalue weighted by atomic mass is 9.95. The molecular weight excluding hydrogens is 267 g/mol. The van der Waals surface area contributed by atoms with Crippen LogP contribution in [-0.2, 0) is 0 Å². The number of hydrogen-bond donors (Lipinski definition) is 1. The van der Waals surface area contributed by atoms with Gasteiger partial charge in [0.25, 0.3) is 0 Å². The van der Waals surface area contributed by atoms with Crippen LogP contribution in [-0.4, -0.2) is 22.3 Å². The van der Waals surface area contributed by atoms with Crippen molar-refractivity contribution in [2.45, 2.75) is 64.1 Å². The van der Waals surface area contributed by atoms with E-state index in [9.17, 15) is 13.2 Å². The van der Waals surface area contributed by atoms with Gasteiger partial charge in [-0.05, 0) is 26.2 Å². The van der Waals surface area contributed by atoms with Gasteiger partial charge in [0.15, 0.2) is 0 Å². The van der Waals surface area contributed by atoms with Gasteiger partial charge >= 0.3 is 6.18 Å². The molecule has 1 aliphatic carbocycles. The largest absolute Gasteiger partial charge is 0.389 e. The van der Waals surface area contributed by atoms with E-state index in [4.69, 9.17) is 0 Å². The second-order valence-electron chi connectivity index (χ2n) is 5.55. The average molecular weight is 289 g/mol. The zero-order valence-electron chi connectivity index (χ0n) is 11.8. The summed E-state index contributed by atoms with van der Waals surface area (Å²) in [4.78, 5) is 4.39. The molecule has 0 spiro atoms. The number of nitrogens with one attached hydrogen (secondary N) is 1. The van der Waals surface area contributed by atoms with Gasteiger partial charge in [-0.2, -0.15) is 13.2 Å². The molecule has 1 N–H and O–H groups in total. The summed E-state index contributed by atoms with van der Waals surface area (Å²) >= 11 is 0. The second kappa shape index (κ2) is 6.50. The number of rotatable bonds is 5. The third-order valence-electron chi connectivity index (χ3n) is 3.74. The summed E-state index contributed by atoms with van der Waals surface area (Å²) < 4.78 is 38.4. The van der Waals surface area contributed by atoms with Gasteiger partial charge in [0.05, 0.1) is 5.69 Å². The maximum atomic E-state index is 12.1. The number of nitrogens with zero attached hydrogens (tertiary/aromatic N) is 2. The van der Waals surface area contributed by atoms with Gasteiger partial charge < -0.3 is 9.88 Å². The lowest BCUT2D eigenvalue weighted by Crippen LogP contribution is -2.17. The molecule has 0 aromatic carbocycles. The van der Waals surface area contributed by atoms with Crippen molar-refractivity contribution in [1.29, 1.82) is 0 Å². The predicted molar refractivity (Wildman–Crippen MR) is 72.9 cm³/mol. The van der Waals surface area contributed by atoms with Crippen molar-refractivity contribution >= 4 is 5.95 Å². The van der Waals surface area contributed by atoms with Gasteiger partial charge in [0.2, 0.25) is 5.95 Å². The first kappa shape index (κ1) is 15.2. The SMILES string of the molecule is Cc1cn(C2CCCCC2)c(NCCCC(F)(F)F)n1. The summed E-state index contributed by atoms with van der Waals surface area (Å²) in [7, 11) is 0. The van der Waals surface area contributed by atoms with Crippen LogP contribution < -0.4 is 5.32 Å². The fourth-order valence-electron chi connectivity index (χ4n) is 2.77. The third kappa shape index (κ3) is 4.42. The zero-order chi connectivity index (χ0) is 14.6. The molecule has 0 atom stereocenters. The summed E-state index contributed by atoms with van der Waals surface area (Å²) in [6.07, 6.45) is 3.24. The zero-order valence-corrected chi connectivity index (χ0v) is 11.8. The van der Waals surface area contributed by atoms with Crippen LogP contribution in [0.3, 0.4) is 0 Å². The number of aromatic nitrogens is 2. The van der Waals surface area contributed by atoms with Crippen molar-refractivity contribution in [2.75, 3.05) is 11.9 Å². The van der Waals surface area contributed by atoms with Crippen molar-refractivity contribution in [2.24, 2.45) is 0 Å². The van der Waals surface area contributed by atoms with Crippen molar-refractivity contribution in [1.82, 2.24) is 9.55 Å². The summed E-state index contributed by atoms with van der Waals surface area (Å²) in [5, 5.41) is 3.06. The fourth-order valence-corrected chi connectivity index (χ4v) is 2.77. The Labute approximate surface area is 117 Å². The lowest BCUT2D eigenvalue weighted by molar-refractivity contribution is -0.134. The highest BCUT2D eigenvalue weighted by atomic mass is 19.4. The van der Waals surface area contributed by atoms with Gasteiger partial charge in [-0.25, -0.2) is 4.98 Å². The van der Waals surface area contributed by atoms with Crippen LogP contribution in [0.15, 0.2) is 6.20 Å². The molecule has 0 saturated heterocycles. The molecule has 20 heavy (non-hydrogen) atoms. The Morgan fingerprint density at radius 1 is 1.30 bits per heavy atom. The maximum absolute atomic E-state index is 12.1. The minimum Gasteiger partial charge on any atom is -0.356 e. The highest BCUT2D eigenvalue weighted by molar-refractivity contribution is 5.29. The van der Waals surface area contributed by atoms with E-state index in [1.165, 1.54) is 19.3 Å². The second-order valence-corrected chi connectivity index (χ2v) is 5.55. The average Bonchev–Trinajstić information content (AvgIpc) is 2.76. The third-order valence-corrected chi connectivity index (χ3v) is 3.74. The van der Waals surface area contributed by atoms with Gasteiger partial charge in [-0.3, -0.25) is 0 Å². The number of halogens is 3. The van der Waals surface area contributed by atoms with E-state index in [1.807, 2.05) is 13.1 Å². The highest BCUT2D eigenvalue weighted by Crippen LogP contribution is 2.31. The summed E-state index contributed by atoms with van der Waals surface area (Å²) in [6, 6.07) is 0.440. The number of alkyl halides is 3. The Hall–Kier alpha value is -1.20. The molecule has 0 amide bonds. The van der Waals surface area contributed by atoms with E-state index in [0.717, 1.165) is 24.5 Å². The lowest BCUT2D eigenvalue weighted by Gasteiger charge is -2.24. The van der Waals surface area contributed by atoms with Crippen molar-refractivity contribution in [3.05, 3.63) is 11.9 Å². The molecule has 1 aliphatic rings. The Morgan fingerprint density at radius 2 is 2.00 bits per heavy atom. The molecule has 1 fully saturated rings. The first-order chi connectivity index (χ1) is 9.46. The molecule has 1 aromatic rings. The highest BCUT2D eigenvalue weighted by Gasteiger charge is 2.26. The molecule has 0 bridgehead atoms. The van der Waals surface area contributed by atoms with E-state index < -0.39 is 12.6 Å². The molecule has 1 saturated carbocycles. The number of imidazole rings is 1. The van der Waals surface area contributed by atoms with Gasteiger partial charge in [0, 0.05) is 25.2 Å². The number of hydrogen-bond acceptors (Lipinski definition) is 2. The summed E-state index contributed by atoms with van der Waals surface area (Å²) in [5.74, 6) is 0.719. The van der Waals surface area contributed by atoms with Crippen molar-refractivity contribution < 1.29 is 13.2 Å². The van der Waals surface area contributed by atoms with Crippen LogP contribution in [0.1, 0.15) is 56.7 Å². The van der Waals surface area contributed by atoms with Gasteiger partial charge in [0.1, 0.15) is 0 Å². The topological polar surface area (TPSA) is 29.9 Å². The van der Waals surface area contributed by atoms with Crippen LogP contribution in [0.5, 0.6) is 0 Å². The van der Waals surface area contributed by atoms with Crippen LogP contribution in [0.4, 0.5) is 19.1 Å². The quantitative estimate of drug-likeness (QED) is 0.811. The Bertz CT molecular complexity index is 420. The normalized spacial score (nSPS) is 17.4. The monoisotopic (exact) mass is 289 g/mol. The van der Waals surface area contributed by atoms with Crippen LogP contribution in [0.2, 0.25) is 0 Å². The molecule has 0 aliphatic heterocycles. The van der Waals surface area contributed by atoms with Gasteiger partial charge in [-0.15, -0.1) is 0 Å². The molecule has 2 rings (SSSR count). The Balaban J connectivity index is 1.90. The number of aryl methyl sites for hydroxylation is 1. The first-order valence-corrected chi connectivity index (χ1v) is 7.32. The molecule has 3 nitrogen and oxygen atoms in total. The first-order valence-electron chi connectivity index (χ1n) is 7.32. The molecule has 0 radical (unpaired) electrons.